The molecule has 2 saturated heterocycles. The minimum absolute atomic E-state index is 0.123. The Morgan fingerprint density at radius 2 is 1.92 bits per heavy atom. The molecule has 10 heteroatoms. The average molecular weight is 554 g/mol. The molecule has 0 aliphatic carbocycles. The number of ether oxygens (including phenoxy) is 1. The first-order chi connectivity index (χ1) is 18.8. The molecule has 0 saturated carbocycles. The van der Waals surface area contributed by atoms with Gasteiger partial charge in [-0.3, -0.25) is 4.79 Å². The topological polar surface area (TPSA) is 102 Å². The number of nitrogens with one attached hydrogen (secondary N) is 1. The Bertz CT molecular complexity index is 1410. The Morgan fingerprint density at radius 1 is 1.15 bits per heavy atom. The molecule has 2 aromatic carbocycles. The van der Waals surface area contributed by atoms with Crippen LogP contribution in [0.25, 0.3) is 0 Å². The lowest BCUT2D eigenvalue weighted by atomic mass is 9.73. The molecule has 206 valence electrons. The summed E-state index contributed by atoms with van der Waals surface area (Å²) >= 11 is 0. The maximum atomic E-state index is 15.7. The van der Waals surface area contributed by atoms with E-state index in [1.807, 2.05) is 30.3 Å². The molecule has 0 radical (unpaired) electrons. The Kier molecular flexibility index (Phi) is 7.97. The fourth-order valence-electron chi connectivity index (χ4n) is 5.59. The van der Waals surface area contributed by atoms with Gasteiger partial charge in [0.1, 0.15) is 11.1 Å². The van der Waals surface area contributed by atoms with E-state index >= 15 is 4.39 Å². The number of halogens is 1. The second kappa shape index (κ2) is 11.4. The largest absolute Gasteiger partial charge is 0.381 e. The van der Waals surface area contributed by atoms with Crippen molar-refractivity contribution >= 4 is 15.9 Å². The van der Waals surface area contributed by atoms with Crippen LogP contribution in [0.5, 0.6) is 0 Å². The van der Waals surface area contributed by atoms with Gasteiger partial charge >= 0.3 is 0 Å². The van der Waals surface area contributed by atoms with E-state index in [2.05, 4.69) is 17.1 Å². The summed E-state index contributed by atoms with van der Waals surface area (Å²) in [6, 6.07) is 15.0. The number of aromatic nitrogens is 1. The van der Waals surface area contributed by atoms with Gasteiger partial charge in [-0.2, -0.15) is 4.31 Å². The molecule has 0 spiro atoms. The van der Waals surface area contributed by atoms with E-state index in [4.69, 9.17) is 9.26 Å². The van der Waals surface area contributed by atoms with E-state index in [9.17, 15) is 13.2 Å². The van der Waals surface area contributed by atoms with Crippen LogP contribution in [0.2, 0.25) is 0 Å². The lowest BCUT2D eigenvalue weighted by molar-refractivity contribution is -0.130. The predicted molar refractivity (Wildman–Crippen MR) is 143 cm³/mol. The first-order valence-electron chi connectivity index (χ1n) is 13.1. The van der Waals surface area contributed by atoms with Crippen LogP contribution >= 0.6 is 0 Å². The van der Waals surface area contributed by atoms with E-state index in [1.165, 1.54) is 16.6 Å². The highest BCUT2D eigenvalue weighted by Crippen LogP contribution is 2.40. The van der Waals surface area contributed by atoms with Gasteiger partial charge in [0.05, 0.1) is 18.2 Å². The molecule has 3 aromatic rings. The van der Waals surface area contributed by atoms with Crippen molar-refractivity contribution < 1.29 is 26.9 Å². The zero-order valence-corrected chi connectivity index (χ0v) is 22.4. The number of amides is 1. The van der Waals surface area contributed by atoms with Crippen LogP contribution in [0.1, 0.15) is 53.4 Å². The molecule has 1 N–H and O–H groups in total. The molecule has 1 aromatic heterocycles. The lowest BCUT2D eigenvalue weighted by Crippen LogP contribution is -2.48. The number of carbonyl (C=O) groups excluding carboxylic acids is 1. The van der Waals surface area contributed by atoms with Crippen molar-refractivity contribution in [3.05, 3.63) is 102 Å². The zero-order chi connectivity index (χ0) is 27.5. The maximum Gasteiger partial charge on any atom is 0.231 e. The third kappa shape index (κ3) is 5.41. The monoisotopic (exact) mass is 553 g/mol. The minimum Gasteiger partial charge on any atom is -0.381 e. The number of rotatable bonds is 8. The second-order valence-electron chi connectivity index (χ2n) is 10.0. The third-order valence-electron chi connectivity index (χ3n) is 7.85. The Morgan fingerprint density at radius 3 is 2.59 bits per heavy atom. The fraction of sp³-hybridized carbons (Fsp3) is 0.379. The molecule has 2 fully saturated rings. The van der Waals surface area contributed by atoms with Crippen molar-refractivity contribution in [1.82, 2.24) is 14.8 Å². The highest BCUT2D eigenvalue weighted by molar-refractivity contribution is 7.89. The summed E-state index contributed by atoms with van der Waals surface area (Å²) in [7, 11) is -3.78. The molecule has 8 nitrogen and oxygen atoms in total. The van der Waals surface area contributed by atoms with E-state index in [-0.39, 0.29) is 24.6 Å². The second-order valence-corrected chi connectivity index (χ2v) is 12.1. The molecule has 2 aliphatic rings. The molecular weight excluding hydrogens is 521 g/mol. The smallest absolute Gasteiger partial charge is 0.231 e. The molecular formula is C29H32FN3O5S. The molecule has 3 heterocycles. The van der Waals surface area contributed by atoms with Crippen molar-refractivity contribution in [2.24, 2.45) is 0 Å². The van der Waals surface area contributed by atoms with Crippen LogP contribution in [0.3, 0.4) is 0 Å². The summed E-state index contributed by atoms with van der Waals surface area (Å²) in [6.07, 6.45) is 4.96. The molecule has 5 rings (SSSR count). The summed E-state index contributed by atoms with van der Waals surface area (Å²) in [5.74, 6) is -0.285. The number of nitrogens with zero attached hydrogens (tertiary/aromatic N) is 2. The van der Waals surface area contributed by atoms with Crippen LogP contribution in [-0.2, 0) is 38.1 Å². The molecule has 2 atom stereocenters. The predicted octanol–water partition coefficient (Wildman–Crippen LogP) is 4.40. The maximum absolute atomic E-state index is 15.7. The molecule has 2 aliphatic heterocycles. The molecule has 0 unspecified atom stereocenters. The number of hydrogen-bond donors (Lipinski definition) is 1. The van der Waals surface area contributed by atoms with Crippen LogP contribution in [0, 0.1) is 5.82 Å². The van der Waals surface area contributed by atoms with Gasteiger partial charge in [-0.05, 0) is 42.9 Å². The Hall–Kier alpha value is -3.34. The van der Waals surface area contributed by atoms with Crippen molar-refractivity contribution in [3.8, 4) is 0 Å². The molecule has 39 heavy (non-hydrogen) atoms. The van der Waals surface area contributed by atoms with Crippen molar-refractivity contribution in [2.45, 2.75) is 55.5 Å². The molecule has 1 amide bonds. The highest BCUT2D eigenvalue weighted by atomic mass is 32.2. The summed E-state index contributed by atoms with van der Waals surface area (Å²) in [6.45, 7) is 4.62. The first kappa shape index (κ1) is 27.2. The fourth-order valence-corrected chi connectivity index (χ4v) is 7.74. The SMILES string of the molecule is C=C[C@H]1CC[C@H](c2ccccc2)S(=O)(=O)N1Cc1ccc(C2(C(=O)NCc3ccno3)CCOCC2)cc1F. The number of hydrogen-bond acceptors (Lipinski definition) is 6. The summed E-state index contributed by atoms with van der Waals surface area (Å²) in [5.41, 5.74) is 0.522. The molecule has 0 bridgehead atoms. The van der Waals surface area contributed by atoms with Crippen LogP contribution in [0.4, 0.5) is 4.39 Å². The average Bonchev–Trinajstić information content (AvgIpc) is 3.48. The van der Waals surface area contributed by atoms with E-state index in [1.54, 1.807) is 24.3 Å². The van der Waals surface area contributed by atoms with Crippen molar-refractivity contribution in [2.75, 3.05) is 13.2 Å². The van der Waals surface area contributed by atoms with Gasteiger partial charge in [-0.1, -0.05) is 53.7 Å². The van der Waals surface area contributed by atoms with Gasteiger partial charge in [-0.25, -0.2) is 12.8 Å². The summed E-state index contributed by atoms with van der Waals surface area (Å²) in [5, 5.41) is 5.84. The van der Waals surface area contributed by atoms with E-state index < -0.39 is 32.5 Å². The first-order valence-corrected chi connectivity index (χ1v) is 14.6. The zero-order valence-electron chi connectivity index (χ0n) is 21.6. The number of sulfonamides is 1. The van der Waals surface area contributed by atoms with Gasteiger partial charge in [0.25, 0.3) is 0 Å². The van der Waals surface area contributed by atoms with Gasteiger partial charge < -0.3 is 14.6 Å². The van der Waals surface area contributed by atoms with Crippen LogP contribution in [-0.4, -0.2) is 43.0 Å². The number of benzene rings is 2. The third-order valence-corrected chi connectivity index (χ3v) is 10.1. The van der Waals surface area contributed by atoms with Gasteiger partial charge in [-0.15, -0.1) is 6.58 Å². The van der Waals surface area contributed by atoms with Crippen molar-refractivity contribution in [1.29, 1.82) is 0 Å². The van der Waals surface area contributed by atoms with Crippen LogP contribution < -0.4 is 5.32 Å². The van der Waals surface area contributed by atoms with Gasteiger partial charge in [0, 0.05) is 37.4 Å². The lowest BCUT2D eigenvalue weighted by Gasteiger charge is -2.38. The Labute approximate surface area is 227 Å². The standard InChI is InChI=1S/C29H32FN3O5S/c1-2-24-10-11-27(21-6-4-3-5-7-21)39(35,36)33(24)20-22-8-9-23(18-26(22)30)29(13-16-37-17-14-29)28(34)31-19-25-12-15-32-38-25/h2-9,12,15,18,24,27H,1,10-11,13-14,16-17,19-20H2,(H,31,34)/t24-,27+/m0/s1. The van der Waals surface area contributed by atoms with Crippen molar-refractivity contribution in [3.63, 3.8) is 0 Å². The minimum atomic E-state index is -3.78. The quantitative estimate of drug-likeness (QED) is 0.415. The highest BCUT2D eigenvalue weighted by Gasteiger charge is 2.43. The van der Waals surface area contributed by atoms with E-state index in [0.29, 0.717) is 50.2 Å². The van der Waals surface area contributed by atoms with E-state index in [0.717, 1.165) is 5.56 Å². The van der Waals surface area contributed by atoms with Gasteiger partial charge in [0.15, 0.2) is 5.76 Å². The van der Waals surface area contributed by atoms with Gasteiger partial charge in [0.2, 0.25) is 15.9 Å². The summed E-state index contributed by atoms with van der Waals surface area (Å²) in [4.78, 5) is 13.4. The summed E-state index contributed by atoms with van der Waals surface area (Å²) < 4.78 is 55.0. The number of carbonyl (C=O) groups is 1. The Balaban J connectivity index is 1.41. The van der Waals surface area contributed by atoms with Crippen LogP contribution in [0.15, 0.2) is 78.0 Å². The normalized spacial score (nSPS) is 22.7.